The maximum Gasteiger partial charge on any atom is 0.417 e. The van der Waals surface area contributed by atoms with Crippen molar-refractivity contribution in [1.29, 1.82) is 0 Å². The Morgan fingerprint density at radius 2 is 0.938 bits per heavy atom. The predicted molar refractivity (Wildman–Crippen MR) is 318 cm³/mol. The lowest BCUT2D eigenvalue weighted by Crippen LogP contribution is -2.39. The molecule has 6 aliphatic rings. The van der Waals surface area contributed by atoms with Gasteiger partial charge in [0.05, 0.1) is 88.5 Å². The molecule has 6 fully saturated rings. The van der Waals surface area contributed by atoms with Crippen LogP contribution in [0.4, 0.5) is 43.9 Å². The van der Waals surface area contributed by atoms with Crippen molar-refractivity contribution in [3.63, 3.8) is 0 Å². The highest BCUT2D eigenvalue weighted by atomic mass is 19.4. The number of amides is 3. The van der Waals surface area contributed by atoms with Gasteiger partial charge in [-0.2, -0.15) is 79.7 Å². The lowest BCUT2D eigenvalue weighted by Gasteiger charge is -2.25. The normalized spacial score (nSPS) is 22.4. The number of hydrogen-bond donors (Lipinski definition) is 0. The molecule has 0 spiro atoms. The summed E-state index contributed by atoms with van der Waals surface area (Å²) in [6.45, 7) is 3.74. The third-order valence-electron chi connectivity index (χ3n) is 18.5. The Balaban J connectivity index is 0.000000130. The molecule has 3 amide bonds. The van der Waals surface area contributed by atoms with E-state index in [1.807, 2.05) is 41.8 Å². The van der Waals surface area contributed by atoms with E-state index < -0.39 is 41.0 Å². The number of halogens is 10. The number of nitrogens with zero attached hydrogens (tertiary/aromatic N) is 16. The Morgan fingerprint density at radius 3 is 1.47 bits per heavy atom. The maximum atomic E-state index is 14.4. The van der Waals surface area contributed by atoms with Crippen molar-refractivity contribution in [3.05, 3.63) is 197 Å². The molecule has 96 heavy (non-hydrogen) atoms. The van der Waals surface area contributed by atoms with Gasteiger partial charge in [0.1, 0.15) is 29.4 Å². The highest BCUT2D eigenvalue weighted by Crippen LogP contribution is 2.46. The monoisotopic (exact) mass is 1330 g/mol. The number of aryl methyl sites for hydroxylation is 2. The molecule has 21 nitrogen and oxygen atoms in total. The molecule has 0 aliphatic carbocycles. The van der Waals surface area contributed by atoms with Gasteiger partial charge in [-0.15, -0.1) is 4.80 Å². The van der Waals surface area contributed by atoms with E-state index in [9.17, 15) is 58.3 Å². The summed E-state index contributed by atoms with van der Waals surface area (Å²) in [7, 11) is 0. The number of hydrogen-bond acceptors (Lipinski definition) is 15. The van der Waals surface area contributed by atoms with Crippen molar-refractivity contribution in [2.45, 2.75) is 145 Å². The summed E-state index contributed by atoms with van der Waals surface area (Å²) in [4.78, 5) is 66.0. The third kappa shape index (κ3) is 12.8. The van der Waals surface area contributed by atoms with Gasteiger partial charge < -0.3 is 24.2 Å². The molecule has 498 valence electrons. The van der Waals surface area contributed by atoms with Crippen LogP contribution in [0.15, 0.2) is 141 Å². The zero-order valence-corrected chi connectivity index (χ0v) is 51.0. The molecule has 13 heterocycles. The molecule has 9 aromatic rings. The van der Waals surface area contributed by atoms with Gasteiger partial charge in [-0.25, -0.2) is 19.3 Å². The maximum absolute atomic E-state index is 14.4. The molecule has 0 radical (unpaired) electrons. The van der Waals surface area contributed by atoms with Crippen LogP contribution in [0.25, 0.3) is 17.1 Å². The van der Waals surface area contributed by atoms with Crippen molar-refractivity contribution in [2.24, 2.45) is 5.92 Å². The fourth-order valence-electron chi connectivity index (χ4n) is 14.3. The van der Waals surface area contributed by atoms with E-state index in [4.69, 9.17) is 9.47 Å². The lowest BCUT2D eigenvalue weighted by atomic mass is 9.85. The van der Waals surface area contributed by atoms with Gasteiger partial charge in [-0.05, 0) is 125 Å². The smallest absolute Gasteiger partial charge is 0.417 e. The minimum Gasteiger partial charge on any atom is -0.472 e. The molecule has 31 heteroatoms. The molecule has 0 saturated carbocycles. The zero-order chi connectivity index (χ0) is 67.4. The van der Waals surface area contributed by atoms with Crippen LogP contribution < -0.4 is 9.47 Å². The fourth-order valence-corrected chi connectivity index (χ4v) is 14.3. The van der Waals surface area contributed by atoms with Crippen molar-refractivity contribution >= 4 is 17.7 Å². The molecule has 9 atom stereocenters. The van der Waals surface area contributed by atoms with Crippen LogP contribution >= 0.6 is 0 Å². The summed E-state index contributed by atoms with van der Waals surface area (Å²) >= 11 is 0. The molecule has 15 rings (SSSR count). The predicted octanol–water partition coefficient (Wildman–Crippen LogP) is 11.1. The highest BCUT2D eigenvalue weighted by molar-refractivity contribution is 6.00. The van der Waals surface area contributed by atoms with E-state index >= 15 is 0 Å². The molecule has 0 N–H and O–H groups in total. The number of para-hydroxylation sites is 2. The number of carbonyl (C=O) groups is 3. The Kier molecular flexibility index (Phi) is 17.3. The fraction of sp³-hybridized carbons (Fsp3) is 0.369. The number of benzene rings is 2. The van der Waals surface area contributed by atoms with Crippen LogP contribution in [0.1, 0.15) is 123 Å². The number of carbonyl (C=O) groups excluding carboxylic acids is 3. The minimum atomic E-state index is -4.65. The zero-order valence-electron chi connectivity index (χ0n) is 51.0. The van der Waals surface area contributed by atoms with Crippen molar-refractivity contribution in [1.82, 2.24) is 79.6 Å². The summed E-state index contributed by atoms with van der Waals surface area (Å²) in [5, 5.41) is 24.9. The first kappa shape index (κ1) is 64.5. The Hall–Kier alpha value is -10.2. The number of pyridine rings is 4. The summed E-state index contributed by atoms with van der Waals surface area (Å²) in [5.74, 6) is -1.33. The van der Waals surface area contributed by atoms with E-state index in [1.54, 1.807) is 66.2 Å². The molecule has 9 unspecified atom stereocenters. The number of alkyl halides is 9. The second-order valence-corrected chi connectivity index (χ2v) is 24.2. The van der Waals surface area contributed by atoms with Crippen molar-refractivity contribution in [3.8, 4) is 28.8 Å². The first-order valence-corrected chi connectivity index (χ1v) is 30.8. The second kappa shape index (κ2) is 25.8. The third-order valence-corrected chi connectivity index (χ3v) is 18.5. The first-order chi connectivity index (χ1) is 46.0. The standard InChI is InChI=1S/C22H20F4N6O.C22H20F3N5O2.C21H18F3N5O2/c1-12-4-5-27-19(20(12)32-29-6-7-30-32)21(33)31-15-2-3-18(31)13(8-15)9-17-16(23)10-14(11-28-17)22(24,25)26;1-13-3-2-4-16(20(13)30-27-9-10-28-30)21(31)29-15-6-7-17(29)18(11-15)32-19-8-5-14(12-26-19)22(23,24)25;22-21(23,24)13-5-8-19(25-12-13)31-18-11-14-6-7-17(18)28(14)20(30)15-3-1-2-4-16(15)29-26-9-10-27-29/h4-7,10-11,13,15,18H,2-3,8-9H2,1H3;2-5,8-10,12,15,17-18H,6-7,11H2,1H3;1-5,8-10,12,14,17-18H,6-7,11H2. The SMILES string of the molecule is Cc1cccc(C(=O)N2C3CCC2C(Oc2ccc(C(F)(F)F)cn2)C3)c1-n1nccn1.Cc1ccnc(C(=O)N2C3CCC2C(Cc2ncc(C(F)(F)F)cc2F)C3)c1-n1nccn1.O=C(c1ccccc1-n1nccn1)N1C2CCC1C(Oc1ccc(C(F)(F)F)cn1)C2. The summed E-state index contributed by atoms with van der Waals surface area (Å²) in [6.07, 6.45) is 5.64. The first-order valence-electron chi connectivity index (χ1n) is 30.8. The van der Waals surface area contributed by atoms with Gasteiger partial charge in [-0.3, -0.25) is 19.4 Å². The van der Waals surface area contributed by atoms with Crippen molar-refractivity contribution in [2.75, 3.05) is 0 Å². The molecule has 6 saturated heterocycles. The molecular formula is C65H58F10N16O5. The largest absolute Gasteiger partial charge is 0.472 e. The Labute approximate surface area is 540 Å². The van der Waals surface area contributed by atoms with Crippen LogP contribution in [-0.2, 0) is 24.9 Å². The number of ether oxygens (including phenoxy) is 2. The number of fused-ring (bicyclic) bond motifs is 6. The molecule has 2 aromatic carbocycles. The van der Waals surface area contributed by atoms with E-state index in [0.29, 0.717) is 59.7 Å². The van der Waals surface area contributed by atoms with E-state index in [0.717, 1.165) is 74.2 Å². The van der Waals surface area contributed by atoms with Crippen LogP contribution in [0.5, 0.6) is 11.8 Å². The summed E-state index contributed by atoms with van der Waals surface area (Å²) < 4.78 is 141. The van der Waals surface area contributed by atoms with Crippen LogP contribution in [0, 0.1) is 25.6 Å². The van der Waals surface area contributed by atoms with Crippen LogP contribution in [0.3, 0.4) is 0 Å². The quantitative estimate of drug-likeness (QED) is 0.104. The average molecular weight is 1330 g/mol. The summed E-state index contributed by atoms with van der Waals surface area (Å²) in [6, 6.07) is 18.7. The number of aromatic nitrogens is 13. The van der Waals surface area contributed by atoms with Crippen LogP contribution in [0.2, 0.25) is 0 Å². The molecule has 6 aliphatic heterocycles. The molecule has 6 bridgehead atoms. The molecular weight excluding hydrogens is 1270 g/mol. The Morgan fingerprint density at radius 1 is 0.469 bits per heavy atom. The van der Waals surface area contributed by atoms with E-state index in [2.05, 4.69) is 50.5 Å². The summed E-state index contributed by atoms with van der Waals surface area (Å²) in [5.41, 5.74) is 1.86. The molecule has 7 aromatic heterocycles. The van der Waals surface area contributed by atoms with Gasteiger partial charge in [0.15, 0.2) is 5.69 Å². The number of rotatable bonds is 12. The van der Waals surface area contributed by atoms with Gasteiger partial charge in [0, 0.05) is 73.9 Å². The lowest BCUT2D eigenvalue weighted by molar-refractivity contribution is -0.138. The highest BCUT2D eigenvalue weighted by Gasteiger charge is 2.53. The minimum absolute atomic E-state index is 0.00545. The van der Waals surface area contributed by atoms with Gasteiger partial charge in [0.25, 0.3) is 17.7 Å². The van der Waals surface area contributed by atoms with Crippen LogP contribution in [-0.4, -0.2) is 146 Å². The van der Waals surface area contributed by atoms with Gasteiger partial charge in [0.2, 0.25) is 11.8 Å². The van der Waals surface area contributed by atoms with Gasteiger partial charge in [-0.1, -0.05) is 24.3 Å². The topological polar surface area (TPSA) is 223 Å². The van der Waals surface area contributed by atoms with Crippen molar-refractivity contribution < 1.29 is 67.8 Å². The Bertz CT molecular complexity index is 4270. The second-order valence-electron chi connectivity index (χ2n) is 24.2. The van der Waals surface area contributed by atoms with E-state index in [1.165, 1.54) is 38.9 Å². The average Bonchev–Trinajstić information content (AvgIpc) is 1.61. The van der Waals surface area contributed by atoms with Gasteiger partial charge >= 0.3 is 18.5 Å². The van der Waals surface area contributed by atoms with E-state index in [-0.39, 0.29) is 102 Å².